The zero-order chi connectivity index (χ0) is 49.2. The first kappa shape index (κ1) is 55.2. The summed E-state index contributed by atoms with van der Waals surface area (Å²) in [5.74, 6) is -3.36. The second-order valence-electron chi connectivity index (χ2n) is 19.1. The summed E-state index contributed by atoms with van der Waals surface area (Å²) < 4.78 is 28.2. The molecule has 17 nitrogen and oxygen atoms in total. The number of methoxy groups -OCH3 is 3. The van der Waals surface area contributed by atoms with Crippen LogP contribution < -0.4 is 0 Å². The fourth-order valence-electron chi connectivity index (χ4n) is 10.8. The predicted molar refractivity (Wildman–Crippen MR) is 251 cm³/mol. The Labute approximate surface area is 397 Å². The summed E-state index contributed by atoms with van der Waals surface area (Å²) >= 11 is 0. The van der Waals surface area contributed by atoms with Crippen molar-refractivity contribution in [2.75, 3.05) is 67.9 Å². The molecule has 374 valence electrons. The molecule has 0 aromatic heterocycles. The second-order valence-corrected chi connectivity index (χ2v) is 19.1. The van der Waals surface area contributed by atoms with Crippen LogP contribution in [0.3, 0.4) is 0 Å². The molecule has 67 heavy (non-hydrogen) atoms. The zero-order valence-corrected chi connectivity index (χ0v) is 41.5. The van der Waals surface area contributed by atoms with Gasteiger partial charge in [-0.15, -0.1) is 0 Å². The number of fused-ring (bicyclic) bond motifs is 2. The number of benzene rings is 1. The number of hydrogen-bond acceptors (Lipinski definition) is 12. The standard InChI is InChI=1S/C50H78N6O11/c1-10-33(4)46(43(63-7)31-45(60)55-22-14-17-40(55)48(64-8)34(5)41(57)29-37(50(62)65-9)27-35-15-12-11-13-16-35)54(6)49(61)39(32(2)3)30-42(58)47-36-18-19-38(28-36)56(47)44(59)20-23-66-25-26-67-24-21-52-53-51/h11-13,15-16,32-34,36-40,43,46-48H,10,14,17-31H2,1-9H3/t33-,34-,36-,37+,38+,39-,40-,43+,46-,47-,48+/m0/s1. The lowest BCUT2D eigenvalue weighted by molar-refractivity contribution is -0.150. The van der Waals surface area contributed by atoms with E-state index in [-0.39, 0.29) is 111 Å². The molecule has 3 amide bonds. The molecule has 1 aliphatic carbocycles. The third-order valence-corrected chi connectivity index (χ3v) is 14.6. The fourth-order valence-corrected chi connectivity index (χ4v) is 10.8. The maximum atomic E-state index is 14.7. The van der Waals surface area contributed by atoms with Gasteiger partial charge in [-0.1, -0.05) is 76.5 Å². The molecular formula is C50H78N6O11. The molecule has 2 saturated heterocycles. The van der Waals surface area contributed by atoms with Gasteiger partial charge in [-0.05, 0) is 67.4 Å². The number of nitrogens with zero attached hydrogens (tertiary/aromatic N) is 6. The SMILES string of the molecule is CC[C@H](C)[C@@H]([C@@H](CC(=O)N1CCC[C@H]1[C@H](OC)[C@@H](C)C(=O)C[C@@H](Cc1ccccc1)C(=O)OC)OC)N(C)C(=O)[C@@H](CC(=O)[C@@H]1[C@H]2CC[C@H](C2)N1C(=O)CCOCCOCCN=[N+]=[N-])C(C)C. The van der Waals surface area contributed by atoms with E-state index in [4.69, 9.17) is 29.2 Å². The van der Waals surface area contributed by atoms with Crippen molar-refractivity contribution >= 4 is 35.3 Å². The Hall–Kier alpha value is -4.41. The van der Waals surface area contributed by atoms with Crippen molar-refractivity contribution in [2.45, 2.75) is 142 Å². The molecule has 3 aliphatic rings. The van der Waals surface area contributed by atoms with Crippen molar-refractivity contribution in [1.82, 2.24) is 14.7 Å². The van der Waals surface area contributed by atoms with E-state index >= 15 is 0 Å². The van der Waals surface area contributed by atoms with Crippen LogP contribution in [0.2, 0.25) is 0 Å². The summed E-state index contributed by atoms with van der Waals surface area (Å²) in [6, 6.07) is 8.02. The number of ketones is 2. The van der Waals surface area contributed by atoms with Crippen molar-refractivity contribution in [3.8, 4) is 0 Å². The van der Waals surface area contributed by atoms with Crippen LogP contribution in [0.5, 0.6) is 0 Å². The van der Waals surface area contributed by atoms with Gasteiger partial charge in [-0.2, -0.15) is 0 Å². The van der Waals surface area contributed by atoms with E-state index in [9.17, 15) is 28.8 Å². The molecule has 11 atom stereocenters. The highest BCUT2D eigenvalue weighted by Crippen LogP contribution is 2.44. The molecule has 2 aliphatic heterocycles. The third-order valence-electron chi connectivity index (χ3n) is 14.6. The maximum absolute atomic E-state index is 14.7. The summed E-state index contributed by atoms with van der Waals surface area (Å²) in [7, 11) is 6.16. The number of azide groups is 1. The quantitative estimate of drug-likeness (QED) is 0.0277. The minimum Gasteiger partial charge on any atom is -0.469 e. The van der Waals surface area contributed by atoms with Crippen molar-refractivity contribution in [3.63, 3.8) is 0 Å². The normalized spacial score (nSPS) is 22.1. The zero-order valence-electron chi connectivity index (χ0n) is 41.5. The number of amides is 3. The van der Waals surface area contributed by atoms with Crippen LogP contribution in [-0.2, 0) is 58.9 Å². The van der Waals surface area contributed by atoms with Gasteiger partial charge in [0, 0.05) is 70.0 Å². The molecule has 0 unspecified atom stereocenters. The number of rotatable bonds is 30. The fraction of sp³-hybridized carbons (Fsp3) is 0.760. The van der Waals surface area contributed by atoms with Gasteiger partial charge in [-0.25, -0.2) is 0 Å². The van der Waals surface area contributed by atoms with Crippen LogP contribution in [0.4, 0.5) is 0 Å². The lowest BCUT2D eigenvalue weighted by Crippen LogP contribution is -2.54. The first-order chi connectivity index (χ1) is 32.1. The number of carbonyl (C=O) groups excluding carboxylic acids is 6. The third kappa shape index (κ3) is 14.8. The van der Waals surface area contributed by atoms with Gasteiger partial charge in [-0.3, -0.25) is 28.8 Å². The van der Waals surface area contributed by atoms with E-state index in [2.05, 4.69) is 10.0 Å². The first-order valence-electron chi connectivity index (χ1n) is 24.4. The molecule has 2 heterocycles. The van der Waals surface area contributed by atoms with Gasteiger partial charge in [0.1, 0.15) is 5.78 Å². The van der Waals surface area contributed by atoms with Crippen molar-refractivity contribution in [2.24, 2.45) is 40.6 Å². The highest BCUT2D eigenvalue weighted by atomic mass is 16.5. The van der Waals surface area contributed by atoms with E-state index in [0.29, 0.717) is 32.4 Å². The van der Waals surface area contributed by atoms with Crippen LogP contribution in [0, 0.1) is 35.5 Å². The minimum absolute atomic E-state index is 0.0105. The van der Waals surface area contributed by atoms with Crippen LogP contribution in [0.1, 0.15) is 104 Å². The summed E-state index contributed by atoms with van der Waals surface area (Å²) in [4.78, 5) is 91.8. The average molecular weight is 939 g/mol. The van der Waals surface area contributed by atoms with E-state index in [1.165, 1.54) is 7.11 Å². The largest absolute Gasteiger partial charge is 0.469 e. The molecule has 2 bridgehead atoms. The van der Waals surface area contributed by atoms with E-state index < -0.39 is 48.0 Å². The van der Waals surface area contributed by atoms with Crippen molar-refractivity contribution in [3.05, 3.63) is 46.3 Å². The average Bonchev–Trinajstić information content (AvgIpc) is 4.10. The van der Waals surface area contributed by atoms with Gasteiger partial charge >= 0.3 is 5.97 Å². The summed E-state index contributed by atoms with van der Waals surface area (Å²) in [6.07, 6.45) is 3.68. The summed E-state index contributed by atoms with van der Waals surface area (Å²) in [5, 5.41) is 3.42. The van der Waals surface area contributed by atoms with Crippen molar-refractivity contribution in [1.29, 1.82) is 0 Å². The van der Waals surface area contributed by atoms with Crippen LogP contribution in [-0.4, -0.2) is 154 Å². The molecule has 3 fully saturated rings. The maximum Gasteiger partial charge on any atom is 0.309 e. The molecule has 0 N–H and O–H groups in total. The van der Waals surface area contributed by atoms with Gasteiger partial charge in [0.15, 0.2) is 5.78 Å². The molecular weight excluding hydrogens is 861 g/mol. The minimum atomic E-state index is -0.676. The Morgan fingerprint density at radius 2 is 1.58 bits per heavy atom. The van der Waals surface area contributed by atoms with Gasteiger partial charge in [0.2, 0.25) is 17.7 Å². The first-order valence-corrected chi connectivity index (χ1v) is 24.4. The molecule has 4 rings (SSSR count). The molecule has 0 spiro atoms. The van der Waals surface area contributed by atoms with Gasteiger partial charge in [0.05, 0.1) is 82.6 Å². The van der Waals surface area contributed by atoms with Gasteiger partial charge < -0.3 is 38.4 Å². The number of piperidine rings is 1. The molecule has 1 aromatic carbocycles. The highest BCUT2D eigenvalue weighted by Gasteiger charge is 2.52. The van der Waals surface area contributed by atoms with Crippen LogP contribution >= 0.6 is 0 Å². The Balaban J connectivity index is 1.42. The second kappa shape index (κ2) is 27.6. The Kier molecular flexibility index (Phi) is 22.7. The van der Waals surface area contributed by atoms with E-state index in [1.54, 1.807) is 42.9 Å². The number of hydrogen-bond donors (Lipinski definition) is 0. The highest BCUT2D eigenvalue weighted by molar-refractivity contribution is 5.94. The lowest BCUT2D eigenvalue weighted by atomic mass is 9.83. The van der Waals surface area contributed by atoms with Crippen LogP contribution in [0.15, 0.2) is 35.4 Å². The van der Waals surface area contributed by atoms with Crippen LogP contribution in [0.25, 0.3) is 10.4 Å². The molecule has 0 radical (unpaired) electrons. The predicted octanol–water partition coefficient (Wildman–Crippen LogP) is 6.24. The number of likely N-dealkylation sites (N-methyl/N-ethyl adjacent to an activating group) is 1. The Bertz CT molecular complexity index is 1830. The van der Waals surface area contributed by atoms with Crippen molar-refractivity contribution < 1.29 is 52.5 Å². The van der Waals surface area contributed by atoms with E-state index in [1.807, 2.05) is 58.0 Å². The lowest BCUT2D eigenvalue weighted by Gasteiger charge is -2.41. The number of carbonyl (C=O) groups is 6. The van der Waals surface area contributed by atoms with E-state index in [0.717, 1.165) is 31.2 Å². The molecule has 1 aromatic rings. The topological polar surface area (TPSA) is 207 Å². The smallest absolute Gasteiger partial charge is 0.309 e. The number of ether oxygens (including phenoxy) is 5. The Morgan fingerprint density at radius 3 is 2.21 bits per heavy atom. The monoisotopic (exact) mass is 939 g/mol. The number of Topliss-reactive ketones (excluding diaryl/α,β-unsaturated/α-hetero) is 2. The Morgan fingerprint density at radius 1 is 0.881 bits per heavy atom. The number of esters is 1. The summed E-state index contributed by atoms with van der Waals surface area (Å²) in [6.45, 7) is 11.5. The molecule has 17 heteroatoms. The van der Waals surface area contributed by atoms with Gasteiger partial charge in [0.25, 0.3) is 0 Å². The number of likely N-dealkylation sites (tertiary alicyclic amines) is 2. The molecule has 1 saturated carbocycles. The summed E-state index contributed by atoms with van der Waals surface area (Å²) in [5.41, 5.74) is 9.30.